The standard InChI is InChI=1S/C11H12ClNO6S/c12-7-4-9-10(19-6-18-9)5-8(7)13-20(16,17)3-1-2-11(14)15/h4-5,13H,1-3,6H2,(H,14,15). The van der Waals surface area contributed by atoms with Crippen molar-refractivity contribution in [2.24, 2.45) is 0 Å². The van der Waals surface area contributed by atoms with Crippen molar-refractivity contribution >= 4 is 33.3 Å². The van der Waals surface area contributed by atoms with Crippen LogP contribution < -0.4 is 14.2 Å². The number of anilines is 1. The summed E-state index contributed by atoms with van der Waals surface area (Å²) in [7, 11) is -3.66. The lowest BCUT2D eigenvalue weighted by atomic mass is 10.3. The van der Waals surface area contributed by atoms with Crippen molar-refractivity contribution in [3.8, 4) is 11.5 Å². The number of hydrogen-bond donors (Lipinski definition) is 2. The van der Waals surface area contributed by atoms with Gasteiger partial charge < -0.3 is 14.6 Å². The molecule has 7 nitrogen and oxygen atoms in total. The first-order chi connectivity index (χ1) is 9.37. The summed E-state index contributed by atoms with van der Waals surface area (Å²) in [6.07, 6.45) is -0.192. The summed E-state index contributed by atoms with van der Waals surface area (Å²) in [5, 5.41) is 8.66. The second kappa shape index (κ2) is 5.76. The monoisotopic (exact) mass is 321 g/mol. The molecule has 20 heavy (non-hydrogen) atoms. The second-order valence-electron chi connectivity index (χ2n) is 4.10. The number of aliphatic carboxylic acids is 1. The molecule has 1 aliphatic rings. The normalized spacial score (nSPS) is 13.2. The van der Waals surface area contributed by atoms with Crippen LogP contribution in [-0.2, 0) is 14.8 Å². The Hall–Kier alpha value is -1.67. The Labute approximate surface area is 120 Å². The van der Waals surface area contributed by atoms with Crippen LogP contribution in [0, 0.1) is 0 Å². The first kappa shape index (κ1) is 14.7. The third-order valence-electron chi connectivity index (χ3n) is 2.53. The van der Waals surface area contributed by atoms with Gasteiger partial charge in [-0.3, -0.25) is 9.52 Å². The van der Waals surface area contributed by atoms with E-state index in [9.17, 15) is 13.2 Å². The molecule has 0 amide bonds. The van der Waals surface area contributed by atoms with Gasteiger partial charge in [0.05, 0.1) is 16.5 Å². The fourth-order valence-electron chi connectivity index (χ4n) is 1.63. The van der Waals surface area contributed by atoms with Crippen molar-refractivity contribution < 1.29 is 27.8 Å². The van der Waals surface area contributed by atoms with Gasteiger partial charge in [-0.25, -0.2) is 8.42 Å². The predicted octanol–water partition coefficient (Wildman–Crippen LogP) is 1.68. The highest BCUT2D eigenvalue weighted by molar-refractivity contribution is 7.92. The topological polar surface area (TPSA) is 102 Å². The maximum absolute atomic E-state index is 11.8. The molecular formula is C11H12ClNO6S. The highest BCUT2D eigenvalue weighted by atomic mass is 35.5. The molecule has 0 saturated heterocycles. The smallest absolute Gasteiger partial charge is 0.303 e. The molecule has 0 spiro atoms. The molecule has 0 bridgehead atoms. The number of rotatable bonds is 6. The third-order valence-corrected chi connectivity index (χ3v) is 4.20. The van der Waals surface area contributed by atoms with Crippen LogP contribution in [0.3, 0.4) is 0 Å². The number of hydrogen-bond acceptors (Lipinski definition) is 5. The van der Waals surface area contributed by atoms with Crippen LogP contribution in [0.15, 0.2) is 12.1 Å². The zero-order valence-electron chi connectivity index (χ0n) is 10.3. The largest absolute Gasteiger partial charge is 0.481 e. The summed E-state index contributed by atoms with van der Waals surface area (Å²) in [4.78, 5) is 10.4. The molecule has 1 aromatic rings. The highest BCUT2D eigenvalue weighted by Crippen LogP contribution is 2.39. The summed E-state index contributed by atoms with van der Waals surface area (Å²) in [5.41, 5.74) is 0.172. The maximum Gasteiger partial charge on any atom is 0.303 e. The van der Waals surface area contributed by atoms with Gasteiger partial charge in [0.1, 0.15) is 0 Å². The number of benzene rings is 1. The summed E-state index contributed by atoms with van der Waals surface area (Å²) in [5.74, 6) is -0.493. The minimum atomic E-state index is -3.66. The van der Waals surface area contributed by atoms with E-state index >= 15 is 0 Å². The van der Waals surface area contributed by atoms with Crippen LogP contribution in [0.25, 0.3) is 0 Å². The van der Waals surface area contributed by atoms with E-state index in [1.165, 1.54) is 12.1 Å². The van der Waals surface area contributed by atoms with Crippen molar-refractivity contribution in [3.05, 3.63) is 17.2 Å². The van der Waals surface area contributed by atoms with Gasteiger partial charge in [-0.1, -0.05) is 11.6 Å². The minimum absolute atomic E-state index is 0.0207. The fraction of sp³-hybridized carbons (Fsp3) is 0.364. The molecule has 1 heterocycles. The van der Waals surface area contributed by atoms with Crippen LogP contribution in [0.4, 0.5) is 5.69 Å². The van der Waals surface area contributed by atoms with Crippen LogP contribution in [0.1, 0.15) is 12.8 Å². The number of carbonyl (C=O) groups is 1. The van der Waals surface area contributed by atoms with E-state index in [1.54, 1.807) is 0 Å². The summed E-state index contributed by atoms with van der Waals surface area (Å²) in [6.45, 7) is 0.0560. The summed E-state index contributed by atoms with van der Waals surface area (Å²) < 4.78 is 36.1. The van der Waals surface area contributed by atoms with E-state index < -0.39 is 16.0 Å². The Kier molecular flexibility index (Phi) is 4.24. The van der Waals surface area contributed by atoms with E-state index in [4.69, 9.17) is 26.2 Å². The first-order valence-electron chi connectivity index (χ1n) is 5.69. The van der Waals surface area contributed by atoms with Gasteiger partial charge in [0.25, 0.3) is 0 Å². The van der Waals surface area contributed by atoms with E-state index in [0.717, 1.165) is 0 Å². The minimum Gasteiger partial charge on any atom is -0.481 e. The molecule has 0 unspecified atom stereocenters. The van der Waals surface area contributed by atoms with Crippen LogP contribution >= 0.6 is 11.6 Å². The first-order valence-corrected chi connectivity index (χ1v) is 7.72. The molecule has 0 fully saturated rings. The van der Waals surface area contributed by atoms with Crippen molar-refractivity contribution in [1.29, 1.82) is 0 Å². The SMILES string of the molecule is O=C(O)CCCS(=O)(=O)Nc1cc2c(cc1Cl)OCO2. The number of carboxylic acids is 1. The number of halogens is 1. The number of sulfonamides is 1. The molecule has 2 N–H and O–H groups in total. The van der Waals surface area contributed by atoms with Gasteiger partial charge in [0.2, 0.25) is 16.8 Å². The van der Waals surface area contributed by atoms with Crippen LogP contribution in [0.2, 0.25) is 5.02 Å². The molecule has 0 atom stereocenters. The Bertz CT molecular complexity index is 630. The van der Waals surface area contributed by atoms with Gasteiger partial charge in [-0.15, -0.1) is 0 Å². The second-order valence-corrected chi connectivity index (χ2v) is 6.35. The molecule has 0 aromatic heterocycles. The lowest BCUT2D eigenvalue weighted by Crippen LogP contribution is -2.17. The Morgan fingerprint density at radius 1 is 1.35 bits per heavy atom. The molecule has 1 aliphatic heterocycles. The van der Waals surface area contributed by atoms with Crippen LogP contribution in [-0.4, -0.2) is 32.0 Å². The van der Waals surface area contributed by atoms with Crippen molar-refractivity contribution in [2.45, 2.75) is 12.8 Å². The quantitative estimate of drug-likeness (QED) is 0.826. The zero-order chi connectivity index (χ0) is 14.8. The van der Waals surface area contributed by atoms with Crippen molar-refractivity contribution in [1.82, 2.24) is 0 Å². The average molecular weight is 322 g/mol. The predicted molar refractivity (Wildman–Crippen MR) is 71.9 cm³/mol. The van der Waals surface area contributed by atoms with E-state index in [1.807, 2.05) is 0 Å². The van der Waals surface area contributed by atoms with Crippen molar-refractivity contribution in [3.63, 3.8) is 0 Å². The number of nitrogens with one attached hydrogen (secondary N) is 1. The molecule has 110 valence electrons. The molecule has 1 aromatic carbocycles. The Balaban J connectivity index is 2.07. The molecular weight excluding hydrogens is 310 g/mol. The van der Waals surface area contributed by atoms with Gasteiger partial charge in [-0.05, 0) is 6.42 Å². The average Bonchev–Trinajstić information content (AvgIpc) is 2.75. The molecule has 2 rings (SSSR count). The number of carboxylic acid groups (broad SMARTS) is 1. The lowest BCUT2D eigenvalue weighted by molar-refractivity contribution is -0.137. The Morgan fingerprint density at radius 2 is 2.00 bits per heavy atom. The molecule has 0 aliphatic carbocycles. The fourth-order valence-corrected chi connectivity index (χ4v) is 3.01. The zero-order valence-corrected chi connectivity index (χ0v) is 11.8. The molecule has 0 radical (unpaired) electrons. The van der Waals surface area contributed by atoms with Gasteiger partial charge in [0, 0.05) is 18.6 Å². The van der Waals surface area contributed by atoms with Crippen molar-refractivity contribution in [2.75, 3.05) is 17.3 Å². The summed E-state index contributed by atoms with van der Waals surface area (Å²) in [6, 6.07) is 2.89. The number of fused-ring (bicyclic) bond motifs is 1. The molecule has 0 saturated carbocycles. The maximum atomic E-state index is 11.8. The van der Waals surface area contributed by atoms with E-state index in [-0.39, 0.29) is 36.1 Å². The molecule has 9 heteroatoms. The van der Waals surface area contributed by atoms with E-state index in [0.29, 0.717) is 11.5 Å². The summed E-state index contributed by atoms with van der Waals surface area (Å²) >= 11 is 5.94. The highest BCUT2D eigenvalue weighted by Gasteiger charge is 2.19. The lowest BCUT2D eigenvalue weighted by Gasteiger charge is -2.10. The van der Waals surface area contributed by atoms with Gasteiger partial charge >= 0.3 is 5.97 Å². The van der Waals surface area contributed by atoms with Gasteiger partial charge in [-0.2, -0.15) is 0 Å². The Morgan fingerprint density at radius 3 is 2.65 bits per heavy atom. The third kappa shape index (κ3) is 3.67. The van der Waals surface area contributed by atoms with Gasteiger partial charge in [0.15, 0.2) is 11.5 Å². The number of ether oxygens (including phenoxy) is 2. The van der Waals surface area contributed by atoms with Crippen LogP contribution in [0.5, 0.6) is 11.5 Å². The van der Waals surface area contributed by atoms with E-state index in [2.05, 4.69) is 4.72 Å².